The van der Waals surface area contributed by atoms with Crippen LogP contribution in [0.3, 0.4) is 0 Å². The van der Waals surface area contributed by atoms with Crippen LogP contribution in [0, 0.1) is 5.92 Å². The minimum Gasteiger partial charge on any atom is -0.492 e. The largest absolute Gasteiger partial charge is 0.492 e. The van der Waals surface area contributed by atoms with Crippen molar-refractivity contribution in [2.75, 3.05) is 6.61 Å². The number of nitrogens with zero attached hydrogens (tertiary/aromatic N) is 1. The third kappa shape index (κ3) is 3.49. The quantitative estimate of drug-likeness (QED) is 0.799. The number of halogens is 1. The van der Waals surface area contributed by atoms with Gasteiger partial charge >= 0.3 is 0 Å². The molecule has 98 valence electrons. The van der Waals surface area contributed by atoms with E-state index in [2.05, 4.69) is 17.1 Å². The van der Waals surface area contributed by atoms with Crippen LogP contribution in [0.1, 0.15) is 44.2 Å². The van der Waals surface area contributed by atoms with Gasteiger partial charge in [-0.2, -0.15) is 0 Å². The fourth-order valence-corrected chi connectivity index (χ4v) is 2.80. The molecule has 2 rings (SSSR count). The molecule has 1 aliphatic rings. The van der Waals surface area contributed by atoms with Gasteiger partial charge in [0.05, 0.1) is 12.8 Å². The first-order chi connectivity index (χ1) is 8.83. The summed E-state index contributed by atoms with van der Waals surface area (Å²) in [6.07, 6.45) is 8.78. The van der Waals surface area contributed by atoms with Crippen LogP contribution < -0.4 is 4.74 Å². The van der Waals surface area contributed by atoms with Gasteiger partial charge in [0.1, 0.15) is 5.75 Å². The van der Waals surface area contributed by atoms with Crippen LogP contribution >= 0.6 is 11.6 Å². The summed E-state index contributed by atoms with van der Waals surface area (Å²) in [6.45, 7) is 2.68. The summed E-state index contributed by atoms with van der Waals surface area (Å²) >= 11 is 5.63. The minimum absolute atomic E-state index is 0.598. The first kappa shape index (κ1) is 13.4. The van der Waals surface area contributed by atoms with Gasteiger partial charge in [0, 0.05) is 17.1 Å². The molecule has 0 aromatic carbocycles. The molecule has 0 spiro atoms. The Kier molecular flexibility index (Phi) is 5.06. The van der Waals surface area contributed by atoms with E-state index in [9.17, 15) is 0 Å². The van der Waals surface area contributed by atoms with Crippen molar-refractivity contribution in [2.45, 2.75) is 38.5 Å². The van der Waals surface area contributed by atoms with Crippen LogP contribution in [-0.4, -0.2) is 11.6 Å². The van der Waals surface area contributed by atoms with Gasteiger partial charge in [-0.05, 0) is 50.7 Å². The molecule has 0 unspecified atom stereocenters. The zero-order valence-corrected chi connectivity index (χ0v) is 11.6. The zero-order valence-electron chi connectivity index (χ0n) is 10.8. The van der Waals surface area contributed by atoms with Crippen LogP contribution in [-0.2, 0) is 0 Å². The lowest BCUT2D eigenvalue weighted by Gasteiger charge is -2.26. The van der Waals surface area contributed by atoms with Gasteiger partial charge in [-0.25, -0.2) is 0 Å². The van der Waals surface area contributed by atoms with Crippen molar-refractivity contribution >= 4 is 11.6 Å². The maximum Gasteiger partial charge on any atom is 0.137 e. The van der Waals surface area contributed by atoms with Crippen LogP contribution in [0.2, 0.25) is 0 Å². The molecule has 1 saturated carbocycles. The predicted octanol–water partition coefficient (Wildman–Crippen LogP) is 4.51. The average molecular weight is 266 g/mol. The number of allylic oxidation sites excluding steroid dienone is 1. The second-order valence-corrected chi connectivity index (χ2v) is 5.03. The first-order valence-electron chi connectivity index (χ1n) is 6.69. The van der Waals surface area contributed by atoms with Crippen molar-refractivity contribution in [3.8, 4) is 5.75 Å². The second kappa shape index (κ2) is 6.79. The highest BCUT2D eigenvalue weighted by Gasteiger charge is 2.21. The van der Waals surface area contributed by atoms with E-state index in [1.54, 1.807) is 5.54 Å². The summed E-state index contributed by atoms with van der Waals surface area (Å²) in [5, 5.41) is 0. The average Bonchev–Trinajstić information content (AvgIpc) is 2.41. The van der Waals surface area contributed by atoms with Crippen LogP contribution in [0.25, 0.3) is 0 Å². The number of hydrogen-bond donors (Lipinski definition) is 0. The molecule has 0 saturated heterocycles. The highest BCUT2D eigenvalue weighted by molar-refractivity contribution is 6.25. The molecule has 2 nitrogen and oxygen atoms in total. The highest BCUT2D eigenvalue weighted by Crippen LogP contribution is 2.35. The summed E-state index contributed by atoms with van der Waals surface area (Å²) < 4.78 is 5.41. The number of pyridine rings is 1. The predicted molar refractivity (Wildman–Crippen MR) is 75.1 cm³/mol. The summed E-state index contributed by atoms with van der Waals surface area (Å²) in [4.78, 5) is 4.52. The summed E-state index contributed by atoms with van der Waals surface area (Å²) in [5.74, 6) is 2.11. The monoisotopic (exact) mass is 265 g/mol. The van der Waals surface area contributed by atoms with Crippen LogP contribution in [0.15, 0.2) is 29.9 Å². The standard InChI is InChI=1S/C15H20ClNO/c1-2-18-14-7-8-15(17-11-14)13-5-3-12(4-6-13)9-10-16/h7-13H,2-6H2,1H3/b10-9+. The molecule has 1 aromatic rings. The summed E-state index contributed by atoms with van der Waals surface area (Å²) in [6, 6.07) is 4.13. The Labute approximate surface area is 114 Å². The van der Waals surface area contributed by atoms with E-state index in [-0.39, 0.29) is 0 Å². The molecule has 0 atom stereocenters. The molecule has 1 aliphatic carbocycles. The van der Waals surface area contributed by atoms with Gasteiger partial charge < -0.3 is 4.74 Å². The van der Waals surface area contributed by atoms with Crippen LogP contribution in [0.5, 0.6) is 5.75 Å². The molecule has 18 heavy (non-hydrogen) atoms. The first-order valence-corrected chi connectivity index (χ1v) is 7.12. The van der Waals surface area contributed by atoms with Gasteiger partial charge in [0.2, 0.25) is 0 Å². The molecule has 0 radical (unpaired) electrons. The topological polar surface area (TPSA) is 22.1 Å². The minimum atomic E-state index is 0.598. The Morgan fingerprint density at radius 3 is 2.67 bits per heavy atom. The Balaban J connectivity index is 1.92. The lowest BCUT2D eigenvalue weighted by Crippen LogP contribution is -2.12. The normalized spacial score (nSPS) is 24.3. The molecule has 0 N–H and O–H groups in total. The number of aromatic nitrogens is 1. The Morgan fingerprint density at radius 1 is 1.33 bits per heavy atom. The Morgan fingerprint density at radius 2 is 2.11 bits per heavy atom. The van der Waals surface area contributed by atoms with Crippen molar-refractivity contribution in [3.05, 3.63) is 35.6 Å². The van der Waals surface area contributed by atoms with E-state index in [0.717, 1.165) is 5.75 Å². The van der Waals surface area contributed by atoms with Crippen molar-refractivity contribution in [2.24, 2.45) is 5.92 Å². The third-order valence-electron chi connectivity index (χ3n) is 3.61. The Hall–Kier alpha value is -1.02. The molecule has 0 aliphatic heterocycles. The third-order valence-corrected chi connectivity index (χ3v) is 3.75. The van der Waals surface area contributed by atoms with E-state index in [1.807, 2.05) is 19.2 Å². The van der Waals surface area contributed by atoms with Crippen molar-refractivity contribution in [1.29, 1.82) is 0 Å². The number of hydrogen-bond acceptors (Lipinski definition) is 2. The van der Waals surface area contributed by atoms with Crippen LogP contribution in [0.4, 0.5) is 0 Å². The number of rotatable bonds is 4. The fraction of sp³-hybridized carbons (Fsp3) is 0.533. The van der Waals surface area contributed by atoms with Gasteiger partial charge in [-0.15, -0.1) is 0 Å². The van der Waals surface area contributed by atoms with Gasteiger partial charge in [0.15, 0.2) is 0 Å². The van der Waals surface area contributed by atoms with E-state index in [4.69, 9.17) is 16.3 Å². The molecule has 1 fully saturated rings. The van der Waals surface area contributed by atoms with E-state index >= 15 is 0 Å². The van der Waals surface area contributed by atoms with E-state index < -0.39 is 0 Å². The fourth-order valence-electron chi connectivity index (χ4n) is 2.60. The lowest BCUT2D eigenvalue weighted by atomic mass is 9.80. The van der Waals surface area contributed by atoms with Crippen molar-refractivity contribution in [3.63, 3.8) is 0 Å². The molecule has 3 heteroatoms. The van der Waals surface area contributed by atoms with Gasteiger partial charge in [-0.3, -0.25) is 4.98 Å². The van der Waals surface area contributed by atoms with Crippen molar-refractivity contribution in [1.82, 2.24) is 4.98 Å². The molecule has 0 amide bonds. The van der Waals surface area contributed by atoms with Crippen molar-refractivity contribution < 1.29 is 4.74 Å². The number of ether oxygens (including phenoxy) is 1. The molecule has 1 heterocycles. The molecule has 0 bridgehead atoms. The van der Waals surface area contributed by atoms with Gasteiger partial charge in [-0.1, -0.05) is 17.7 Å². The second-order valence-electron chi connectivity index (χ2n) is 4.78. The summed E-state index contributed by atoms with van der Waals surface area (Å²) in [7, 11) is 0. The molecular formula is C15H20ClNO. The zero-order chi connectivity index (χ0) is 12.8. The van der Waals surface area contributed by atoms with E-state index in [1.165, 1.54) is 31.4 Å². The Bertz CT molecular complexity index is 380. The maximum absolute atomic E-state index is 5.63. The molecular weight excluding hydrogens is 246 g/mol. The van der Waals surface area contributed by atoms with E-state index in [0.29, 0.717) is 18.4 Å². The smallest absolute Gasteiger partial charge is 0.137 e. The lowest BCUT2D eigenvalue weighted by molar-refractivity contribution is 0.337. The summed E-state index contributed by atoms with van der Waals surface area (Å²) in [5.41, 5.74) is 2.85. The maximum atomic E-state index is 5.63. The van der Waals surface area contributed by atoms with Gasteiger partial charge in [0.25, 0.3) is 0 Å². The highest BCUT2D eigenvalue weighted by atomic mass is 35.5. The molecule has 1 aromatic heterocycles. The SMILES string of the molecule is CCOc1ccc(C2CCC(/C=C/Cl)CC2)nc1.